The number of nitrogens with zero attached hydrogens (tertiary/aromatic N) is 2. The van der Waals surface area contributed by atoms with E-state index in [1.54, 1.807) is 0 Å². The summed E-state index contributed by atoms with van der Waals surface area (Å²) in [6.07, 6.45) is 7.12. The Bertz CT molecular complexity index is 1410. The molecular weight excluding hydrogens is 641 g/mol. The maximum Gasteiger partial charge on any atom is 0.259 e. The number of ketones is 1. The molecular formula is C37H50N5O6P. The molecule has 12 heteroatoms. The van der Waals surface area contributed by atoms with Crippen LogP contribution in [0.15, 0.2) is 54.6 Å². The van der Waals surface area contributed by atoms with Crippen molar-refractivity contribution in [1.82, 2.24) is 15.3 Å². The van der Waals surface area contributed by atoms with Gasteiger partial charge in [-0.1, -0.05) is 66.9 Å². The number of carbonyl (C=O) groups is 4. The number of primary amides is 1. The molecule has 0 aromatic heterocycles. The number of Topliss-reactive ketones (excluding diaryl/α,β-unsaturated/α-hetero) is 1. The lowest BCUT2D eigenvalue weighted by atomic mass is 9.97. The van der Waals surface area contributed by atoms with Gasteiger partial charge in [-0.15, -0.1) is 6.42 Å². The minimum atomic E-state index is -1.40. The van der Waals surface area contributed by atoms with Gasteiger partial charge < -0.3 is 25.4 Å². The van der Waals surface area contributed by atoms with Crippen LogP contribution in [0.5, 0.6) is 0 Å². The van der Waals surface area contributed by atoms with Crippen LogP contribution in [0.2, 0.25) is 0 Å². The third-order valence-electron chi connectivity index (χ3n) is 7.47. The number of nitriles is 1. The molecule has 0 heterocycles. The number of nitrogens with two attached hydrogens (primary N) is 1. The van der Waals surface area contributed by atoms with E-state index >= 15 is 0 Å². The Labute approximate surface area is 292 Å². The molecule has 0 aliphatic heterocycles. The zero-order valence-corrected chi connectivity index (χ0v) is 29.9. The van der Waals surface area contributed by atoms with E-state index in [9.17, 15) is 19.2 Å². The molecule has 2 aromatic carbocycles. The van der Waals surface area contributed by atoms with Crippen LogP contribution in [0.1, 0.15) is 82.9 Å². The molecule has 3 atom stereocenters. The number of amides is 3. The molecule has 0 bridgehead atoms. The minimum Gasteiger partial charge on any atom is -0.370 e. The molecule has 0 aliphatic rings. The third-order valence-corrected chi connectivity index (χ3v) is 9.53. The highest BCUT2D eigenvalue weighted by Crippen LogP contribution is 2.46. The lowest BCUT2D eigenvalue weighted by molar-refractivity contribution is -0.131. The number of unbranched alkanes of at least 4 members (excludes halogenated alkanes) is 1. The van der Waals surface area contributed by atoms with Gasteiger partial charge in [0.25, 0.3) is 8.53 Å². The van der Waals surface area contributed by atoms with Crippen LogP contribution in [-0.2, 0) is 47.7 Å². The highest BCUT2D eigenvalue weighted by molar-refractivity contribution is 7.44. The van der Waals surface area contributed by atoms with E-state index < -0.39 is 38.3 Å². The average molecular weight is 692 g/mol. The monoisotopic (exact) mass is 691 g/mol. The Hall–Kier alpha value is -4.12. The second-order valence-electron chi connectivity index (χ2n) is 12.2. The summed E-state index contributed by atoms with van der Waals surface area (Å²) < 4.78 is 14.3. The van der Waals surface area contributed by atoms with Crippen LogP contribution in [0.3, 0.4) is 0 Å². The van der Waals surface area contributed by atoms with E-state index in [0.29, 0.717) is 19.3 Å². The molecule has 0 fully saturated rings. The van der Waals surface area contributed by atoms with Gasteiger partial charge in [-0.3, -0.25) is 19.2 Å². The van der Waals surface area contributed by atoms with Crippen LogP contribution in [0.4, 0.5) is 0 Å². The first-order valence-electron chi connectivity index (χ1n) is 16.6. The Balaban J connectivity index is 2.16. The van der Waals surface area contributed by atoms with Gasteiger partial charge in [-0.05, 0) is 57.2 Å². The highest BCUT2D eigenvalue weighted by Gasteiger charge is 2.28. The van der Waals surface area contributed by atoms with Gasteiger partial charge in [0, 0.05) is 31.3 Å². The normalized spacial score (nSPS) is 12.9. The summed E-state index contributed by atoms with van der Waals surface area (Å²) in [5, 5.41) is 14.5. The fraction of sp³-hybridized carbons (Fsp3) is 0.486. The van der Waals surface area contributed by atoms with Crippen molar-refractivity contribution in [3.8, 4) is 18.4 Å². The van der Waals surface area contributed by atoms with Crippen molar-refractivity contribution < 1.29 is 28.2 Å². The molecule has 4 N–H and O–H groups in total. The molecule has 2 aromatic rings. The van der Waals surface area contributed by atoms with Crippen molar-refractivity contribution in [1.29, 1.82) is 5.26 Å². The molecule has 3 amide bonds. The number of hydrogen-bond acceptors (Lipinski definition) is 8. The van der Waals surface area contributed by atoms with E-state index in [2.05, 4.69) is 55.0 Å². The minimum absolute atomic E-state index is 0.0627. The second kappa shape index (κ2) is 22.5. The fourth-order valence-corrected chi connectivity index (χ4v) is 6.75. The summed E-state index contributed by atoms with van der Waals surface area (Å²) in [7, 11) is -1.40. The first kappa shape index (κ1) is 41.1. The van der Waals surface area contributed by atoms with Crippen LogP contribution >= 0.6 is 8.53 Å². The van der Waals surface area contributed by atoms with Gasteiger partial charge in [-0.2, -0.15) is 5.26 Å². The average Bonchev–Trinajstić information content (AvgIpc) is 3.05. The van der Waals surface area contributed by atoms with Crippen LogP contribution < -0.4 is 16.4 Å². The Morgan fingerprint density at radius 2 is 1.55 bits per heavy atom. The number of nitrogens with one attached hydrogen (secondary N) is 2. The van der Waals surface area contributed by atoms with E-state index in [0.717, 1.165) is 16.7 Å². The van der Waals surface area contributed by atoms with E-state index in [-0.39, 0.29) is 63.2 Å². The van der Waals surface area contributed by atoms with Crippen molar-refractivity contribution in [2.45, 2.75) is 110 Å². The van der Waals surface area contributed by atoms with Gasteiger partial charge in [0.15, 0.2) is 5.78 Å². The summed E-state index contributed by atoms with van der Waals surface area (Å²) in [4.78, 5) is 50.8. The molecule has 0 saturated heterocycles. The first-order valence-corrected chi connectivity index (χ1v) is 17.7. The van der Waals surface area contributed by atoms with Crippen molar-refractivity contribution in [3.05, 3.63) is 71.3 Å². The van der Waals surface area contributed by atoms with Crippen LogP contribution in [-0.4, -0.2) is 58.9 Å². The van der Waals surface area contributed by atoms with Crippen molar-refractivity contribution in [2.75, 3.05) is 6.61 Å². The van der Waals surface area contributed by atoms with Gasteiger partial charge >= 0.3 is 0 Å². The summed E-state index contributed by atoms with van der Waals surface area (Å²) >= 11 is 0. The third kappa shape index (κ3) is 15.8. The zero-order valence-electron chi connectivity index (χ0n) is 29.0. The van der Waals surface area contributed by atoms with Crippen molar-refractivity contribution in [2.24, 2.45) is 5.73 Å². The summed E-state index contributed by atoms with van der Waals surface area (Å²) in [6, 6.07) is 17.4. The smallest absolute Gasteiger partial charge is 0.259 e. The highest BCUT2D eigenvalue weighted by atomic mass is 31.2. The number of rotatable bonds is 23. The topological polar surface area (TPSA) is 164 Å². The molecule has 3 unspecified atom stereocenters. The molecule has 0 radical (unpaired) electrons. The van der Waals surface area contributed by atoms with Crippen LogP contribution in [0, 0.1) is 23.7 Å². The maximum atomic E-state index is 13.6. The van der Waals surface area contributed by atoms with Crippen molar-refractivity contribution >= 4 is 32.0 Å². The Kier molecular flexibility index (Phi) is 18.9. The first-order chi connectivity index (χ1) is 23.4. The molecule has 0 aliphatic carbocycles. The van der Waals surface area contributed by atoms with Crippen molar-refractivity contribution in [3.63, 3.8) is 0 Å². The SMILES string of the molecule is C#CCC(=O)NC(Cc1ccccc1)C(=O)NC(CCCCC(N)=O)C(=O)Cc1ccc(COP(OCCC#N)N(C(C)C)C(C)C)cc1. The number of benzene rings is 2. The molecule has 11 nitrogen and oxygen atoms in total. The predicted molar refractivity (Wildman–Crippen MR) is 190 cm³/mol. The maximum absolute atomic E-state index is 13.6. The quantitative estimate of drug-likeness (QED) is 0.0844. The number of terminal acetylenes is 1. The second-order valence-corrected chi connectivity index (χ2v) is 13.7. The molecule has 0 spiro atoms. The number of hydrogen-bond donors (Lipinski definition) is 3. The van der Waals surface area contributed by atoms with Gasteiger partial charge in [0.1, 0.15) is 6.04 Å². The largest absolute Gasteiger partial charge is 0.370 e. The molecule has 0 saturated carbocycles. The van der Waals surface area contributed by atoms with Gasteiger partial charge in [0.2, 0.25) is 17.7 Å². The van der Waals surface area contributed by atoms with E-state index in [1.165, 1.54) is 0 Å². The Morgan fingerprint density at radius 3 is 2.14 bits per heavy atom. The van der Waals surface area contributed by atoms with E-state index in [1.807, 2.05) is 54.6 Å². The molecule has 2 rings (SSSR count). The van der Waals surface area contributed by atoms with Gasteiger partial charge in [0.05, 0.1) is 38.2 Å². The van der Waals surface area contributed by atoms with Gasteiger partial charge in [-0.25, -0.2) is 4.67 Å². The molecule has 49 heavy (non-hydrogen) atoms. The summed E-state index contributed by atoms with van der Waals surface area (Å²) in [5.74, 6) is 0.684. The fourth-order valence-electron chi connectivity index (χ4n) is 5.15. The van der Waals surface area contributed by atoms with Crippen LogP contribution in [0.25, 0.3) is 0 Å². The lowest BCUT2D eigenvalue weighted by Crippen LogP contribution is -2.52. The zero-order chi connectivity index (χ0) is 36.2. The standard InChI is InChI=1S/C37H50N5O6P/c1-6-13-36(45)40-33(24-29-14-8-7-9-15-29)37(46)41-32(16-10-11-17-35(39)44)34(43)25-30-18-20-31(21-19-30)26-48-49(47-23-12-22-38)42(27(2)3)28(4)5/h1,7-9,14-15,18-21,27-28,32-33H,10-13,16-17,23-26H2,2-5H3,(H2,39,44)(H,40,45)(H,41,46). The lowest BCUT2D eigenvalue weighted by Gasteiger charge is -2.35. The summed E-state index contributed by atoms with van der Waals surface area (Å²) in [5.41, 5.74) is 7.78. The number of carbonyl (C=O) groups excluding carboxylic acids is 4. The molecule has 264 valence electrons. The summed E-state index contributed by atoms with van der Waals surface area (Å²) in [6.45, 7) is 8.86. The Morgan fingerprint density at radius 1 is 0.898 bits per heavy atom. The predicted octanol–water partition coefficient (Wildman–Crippen LogP) is 4.87. The van der Waals surface area contributed by atoms with E-state index in [4.69, 9.17) is 26.5 Å².